The van der Waals surface area contributed by atoms with Crippen LogP contribution in [0.3, 0.4) is 0 Å². The van der Waals surface area contributed by atoms with E-state index in [1.165, 1.54) is 5.56 Å². The number of hydrogen-bond donors (Lipinski definition) is 1. The quantitative estimate of drug-likeness (QED) is 0.721. The van der Waals surface area contributed by atoms with Gasteiger partial charge >= 0.3 is 0 Å². The van der Waals surface area contributed by atoms with Gasteiger partial charge in [-0.05, 0) is 43.2 Å². The molecule has 1 aromatic carbocycles. The third-order valence-electron chi connectivity index (χ3n) is 3.32. The zero-order chi connectivity index (χ0) is 13.6. The molecule has 1 aliphatic rings. The fourth-order valence-corrected chi connectivity index (χ4v) is 2.58. The average molecular weight is 203 g/mol. The molecule has 0 radical (unpaired) electrons. The maximum Gasteiger partial charge on any atom is 0.0459 e. The predicted molar refractivity (Wildman–Crippen MR) is 64.3 cm³/mol. The number of nitrogens with one attached hydrogen (secondary N) is 1. The average Bonchev–Trinajstić information content (AvgIpc) is 2.76. The molecule has 1 nitrogen and oxygen atoms in total. The van der Waals surface area contributed by atoms with E-state index in [4.69, 9.17) is 5.48 Å². The first-order chi connectivity index (χ1) is 9.01. The van der Waals surface area contributed by atoms with Gasteiger partial charge in [0.05, 0.1) is 0 Å². The summed E-state index contributed by atoms with van der Waals surface area (Å²) in [6.07, 6.45) is 0.773. The zero-order valence-corrected chi connectivity index (χ0v) is 8.59. The Kier molecular flexibility index (Phi) is 1.30. The number of fused-ring (bicyclic) bond motifs is 3. The Balaban J connectivity index is 2.15. The molecule has 0 spiro atoms. The third-order valence-corrected chi connectivity index (χ3v) is 3.32. The molecule has 1 N–H and O–H groups in total. The highest BCUT2D eigenvalue weighted by Crippen LogP contribution is 2.37. The minimum Gasteiger partial charge on any atom is -0.358 e. The topological polar surface area (TPSA) is 15.8 Å². The number of para-hydroxylation sites is 1. The van der Waals surface area contributed by atoms with Crippen LogP contribution < -0.4 is 0 Å². The second-order valence-corrected chi connectivity index (χ2v) is 4.17. The van der Waals surface area contributed by atoms with Crippen LogP contribution >= 0.6 is 0 Å². The second kappa shape index (κ2) is 3.41. The van der Waals surface area contributed by atoms with Crippen LogP contribution in [0.5, 0.6) is 0 Å². The number of hydrogen-bond acceptors (Lipinski definition) is 0. The van der Waals surface area contributed by atoms with Crippen molar-refractivity contribution in [3.05, 3.63) is 35.5 Å². The lowest BCUT2D eigenvalue weighted by atomic mass is 9.85. The minimum atomic E-state index is -1.81. The lowest BCUT2D eigenvalue weighted by Gasteiger charge is -2.21. The molecular weight excluding hydrogens is 182 g/mol. The lowest BCUT2D eigenvalue weighted by molar-refractivity contribution is 0.532. The van der Waals surface area contributed by atoms with Gasteiger partial charge in [-0.25, -0.2) is 0 Å². The molecule has 15 heavy (non-hydrogen) atoms. The van der Waals surface area contributed by atoms with Crippen molar-refractivity contribution < 1.29 is 5.48 Å². The summed E-state index contributed by atoms with van der Waals surface area (Å²) in [5, 5.41) is 1.16. The molecule has 0 fully saturated rings. The smallest absolute Gasteiger partial charge is 0.0459 e. The van der Waals surface area contributed by atoms with Crippen molar-refractivity contribution in [1.82, 2.24) is 4.98 Å². The first-order valence-electron chi connectivity index (χ1n) is 7.61. The summed E-state index contributed by atoms with van der Waals surface area (Å²) >= 11 is 0. The molecule has 3 rings (SSSR count). The fraction of sp³-hybridized carbons (Fsp3) is 0.429. The van der Waals surface area contributed by atoms with Crippen LogP contribution in [0, 0.1) is 0 Å². The molecule has 0 saturated heterocycles. The molecule has 0 amide bonds. The number of aryl methyl sites for hydroxylation is 1. The van der Waals surface area contributed by atoms with E-state index in [9.17, 15) is 0 Å². The monoisotopic (exact) mass is 203 g/mol. The lowest BCUT2D eigenvalue weighted by Crippen LogP contribution is -2.07. The van der Waals surface area contributed by atoms with Gasteiger partial charge in [0.2, 0.25) is 0 Å². The van der Waals surface area contributed by atoms with Crippen molar-refractivity contribution in [3.63, 3.8) is 0 Å². The number of rotatable bonds is 1. The number of benzene rings is 1. The second-order valence-electron chi connectivity index (χ2n) is 4.17. The SMILES string of the molecule is [2H]C([2H])C([2H])([2H])C1CCCc2c1[nH]c1ccccc21. The van der Waals surface area contributed by atoms with Crippen LogP contribution in [0.25, 0.3) is 10.9 Å². The van der Waals surface area contributed by atoms with Gasteiger partial charge in [-0.2, -0.15) is 0 Å². The summed E-state index contributed by atoms with van der Waals surface area (Å²) in [7, 11) is 0. The zero-order valence-electron chi connectivity index (χ0n) is 12.6. The highest BCUT2D eigenvalue weighted by Gasteiger charge is 2.22. The van der Waals surface area contributed by atoms with Crippen LogP contribution in [0.2, 0.25) is 0 Å². The van der Waals surface area contributed by atoms with Crippen molar-refractivity contribution in [2.75, 3.05) is 0 Å². The molecule has 1 heteroatoms. The van der Waals surface area contributed by atoms with Gasteiger partial charge in [-0.15, -0.1) is 0 Å². The van der Waals surface area contributed by atoms with E-state index in [2.05, 4.69) is 11.1 Å². The maximum absolute atomic E-state index is 8.05. The first kappa shape index (κ1) is 5.74. The molecular formula is C14H17N. The van der Waals surface area contributed by atoms with Gasteiger partial charge < -0.3 is 4.98 Å². The molecule has 2 aromatic rings. The van der Waals surface area contributed by atoms with E-state index < -0.39 is 13.2 Å². The number of aromatic nitrogens is 1. The van der Waals surface area contributed by atoms with Crippen molar-refractivity contribution in [1.29, 1.82) is 0 Å². The largest absolute Gasteiger partial charge is 0.358 e. The number of aromatic amines is 1. The van der Waals surface area contributed by atoms with Crippen molar-refractivity contribution in [2.24, 2.45) is 0 Å². The summed E-state index contributed by atoms with van der Waals surface area (Å²) in [5.74, 6) is -0.372. The molecule has 1 aromatic heterocycles. The predicted octanol–water partition coefficient (Wildman–Crippen LogP) is 4.00. The minimum absolute atomic E-state index is 0.372. The summed E-state index contributed by atoms with van der Waals surface area (Å²) in [6.45, 7) is -1.46. The molecule has 0 saturated carbocycles. The molecule has 78 valence electrons. The van der Waals surface area contributed by atoms with Crippen molar-refractivity contribution >= 4 is 10.9 Å². The Bertz CT molecular complexity index is 603. The highest BCUT2D eigenvalue weighted by atomic mass is 14.7. The van der Waals surface area contributed by atoms with Crippen LogP contribution in [0.1, 0.15) is 48.7 Å². The first-order valence-corrected chi connectivity index (χ1v) is 5.46. The number of H-pyrrole nitrogens is 1. The van der Waals surface area contributed by atoms with E-state index >= 15 is 0 Å². The van der Waals surface area contributed by atoms with Crippen LogP contribution in [-0.2, 0) is 6.42 Å². The summed E-state index contributed by atoms with van der Waals surface area (Å²) in [5.41, 5.74) is 3.11. The van der Waals surface area contributed by atoms with Gasteiger partial charge in [0.15, 0.2) is 0 Å². The van der Waals surface area contributed by atoms with Gasteiger partial charge in [-0.3, -0.25) is 0 Å². The molecule has 1 atom stereocenters. The van der Waals surface area contributed by atoms with Crippen LogP contribution in [0.4, 0.5) is 0 Å². The Hall–Kier alpha value is -1.24. The Morgan fingerprint density at radius 1 is 1.53 bits per heavy atom. The van der Waals surface area contributed by atoms with Gasteiger partial charge in [0.25, 0.3) is 0 Å². The van der Waals surface area contributed by atoms with E-state index in [-0.39, 0.29) is 5.92 Å². The van der Waals surface area contributed by atoms with E-state index in [0.717, 1.165) is 29.4 Å². The van der Waals surface area contributed by atoms with Crippen molar-refractivity contribution in [2.45, 2.75) is 38.4 Å². The normalized spacial score (nSPS) is 25.5. The molecule has 1 aliphatic carbocycles. The van der Waals surface area contributed by atoms with Crippen LogP contribution in [-0.4, -0.2) is 4.98 Å². The molecule has 1 heterocycles. The van der Waals surface area contributed by atoms with Crippen LogP contribution in [0.15, 0.2) is 24.3 Å². The fourth-order valence-electron chi connectivity index (χ4n) is 2.58. The standard InChI is InChI=1S/C14H17N/c1-2-10-6-5-8-12-11-7-3-4-9-13(11)15-14(10)12/h3-4,7,9-10,15H,2,5-6,8H2,1H3/i1D2,2D2. The van der Waals surface area contributed by atoms with Gasteiger partial charge in [0.1, 0.15) is 0 Å². The van der Waals surface area contributed by atoms with E-state index in [0.29, 0.717) is 6.42 Å². The van der Waals surface area contributed by atoms with Crippen molar-refractivity contribution in [3.8, 4) is 0 Å². The van der Waals surface area contributed by atoms with Gasteiger partial charge in [-0.1, -0.05) is 25.1 Å². The Labute approximate surface area is 96.1 Å². The molecule has 1 unspecified atom stereocenters. The summed E-state index contributed by atoms with van der Waals surface area (Å²) in [4.78, 5) is 3.32. The molecule has 0 bridgehead atoms. The summed E-state index contributed by atoms with van der Waals surface area (Å²) < 4.78 is 31.0. The Morgan fingerprint density at radius 2 is 2.47 bits per heavy atom. The highest BCUT2D eigenvalue weighted by molar-refractivity contribution is 5.85. The van der Waals surface area contributed by atoms with E-state index in [1.807, 2.05) is 18.2 Å². The van der Waals surface area contributed by atoms with Gasteiger partial charge in [0, 0.05) is 22.1 Å². The Morgan fingerprint density at radius 3 is 3.40 bits per heavy atom. The third kappa shape index (κ3) is 1.30. The maximum atomic E-state index is 8.05. The summed E-state index contributed by atoms with van der Waals surface area (Å²) in [6, 6.07) is 8.01. The molecule has 0 aliphatic heterocycles. The van der Waals surface area contributed by atoms with E-state index in [1.54, 1.807) is 0 Å².